The summed E-state index contributed by atoms with van der Waals surface area (Å²) in [6.07, 6.45) is -8.41. The molecule has 9 N–H and O–H groups in total. The first-order valence-corrected chi connectivity index (χ1v) is 21.0. The molecule has 0 radical (unpaired) electrons. The Hall–Kier alpha value is -1.27. The molecule has 7 fully saturated rings. The van der Waals surface area contributed by atoms with Crippen molar-refractivity contribution in [3.05, 3.63) is 12.2 Å². The predicted molar refractivity (Wildman–Crippen MR) is 199 cm³/mol. The second kappa shape index (κ2) is 15.0. The van der Waals surface area contributed by atoms with Crippen molar-refractivity contribution >= 4 is 5.97 Å². The molecule has 21 atom stereocenters. The lowest BCUT2D eigenvalue weighted by Crippen LogP contribution is -2.68. The minimum absolute atomic E-state index is 0.0356. The van der Waals surface area contributed by atoms with Gasteiger partial charge in [0.15, 0.2) is 6.29 Å². The molecule has 14 heteroatoms. The summed E-state index contributed by atoms with van der Waals surface area (Å²) in [6, 6.07) is 0. The van der Waals surface area contributed by atoms with Gasteiger partial charge in [0.1, 0.15) is 48.8 Å². The molecule has 0 bridgehead atoms. The Morgan fingerprint density at radius 3 is 1.98 bits per heavy atom. The second-order valence-corrected chi connectivity index (χ2v) is 20.0. The van der Waals surface area contributed by atoms with Crippen LogP contribution in [0.3, 0.4) is 0 Å². The Morgan fingerprint density at radius 1 is 0.696 bits per heavy atom. The molecule has 7 aliphatic rings. The zero-order valence-electron chi connectivity index (χ0n) is 33.7. The van der Waals surface area contributed by atoms with Gasteiger partial charge in [-0.2, -0.15) is 0 Å². The van der Waals surface area contributed by atoms with E-state index in [-0.39, 0.29) is 46.5 Å². The molecule has 0 aromatic heterocycles. The van der Waals surface area contributed by atoms with Crippen molar-refractivity contribution in [2.24, 2.45) is 56.7 Å². The van der Waals surface area contributed by atoms with Crippen LogP contribution in [-0.2, 0) is 23.7 Å². The van der Waals surface area contributed by atoms with Crippen molar-refractivity contribution in [1.82, 2.24) is 0 Å². The maximum absolute atomic E-state index is 14.8. The maximum Gasteiger partial charge on any atom is 0.314 e. The van der Waals surface area contributed by atoms with E-state index < -0.39 is 97.5 Å². The van der Waals surface area contributed by atoms with E-state index >= 15 is 0 Å². The number of carbonyl (C=O) groups excluding carboxylic acids is 1. The summed E-state index contributed by atoms with van der Waals surface area (Å²) in [5, 5.41) is 94.8. The summed E-state index contributed by atoms with van der Waals surface area (Å²) in [6.45, 7) is 14.6. The normalized spacial score (nSPS) is 55.6. The van der Waals surface area contributed by atoms with E-state index in [0.717, 1.165) is 50.5 Å². The van der Waals surface area contributed by atoms with Gasteiger partial charge in [0.05, 0.1) is 31.3 Å². The third kappa shape index (κ3) is 6.13. The fourth-order valence-corrected chi connectivity index (χ4v) is 14.3. The van der Waals surface area contributed by atoms with Crippen molar-refractivity contribution in [3.8, 4) is 0 Å². The van der Waals surface area contributed by atoms with Crippen LogP contribution in [-0.4, -0.2) is 139 Å². The summed E-state index contributed by atoms with van der Waals surface area (Å²) in [4.78, 5) is 14.8. The number of carbonyl (C=O) groups is 1. The summed E-state index contributed by atoms with van der Waals surface area (Å²) in [7, 11) is 0. The standard InChI is InChI=1S/C42H68O14/c1-20(2)21-9-14-42(37(52)56-36-34(51)32(49)30(47)24(55-36)18-53-35-33(50)31(48)29(46)23(17-43)54-35)16-15-40(5)22(28(21)42)7-8-26-38(3)12-11-27(45)39(4,19-44)25(38)10-13-41(26,40)6/h21-36,43-51H,1,7-19H2,2-6H3. The quantitative estimate of drug-likeness (QED) is 0.124. The number of esters is 1. The van der Waals surface area contributed by atoms with Crippen molar-refractivity contribution in [2.75, 3.05) is 19.8 Å². The number of ether oxygens (including phenoxy) is 4. The number of aliphatic hydroxyl groups excluding tert-OH is 9. The molecular weight excluding hydrogens is 728 g/mol. The molecule has 2 heterocycles. The van der Waals surface area contributed by atoms with Gasteiger partial charge in [-0.25, -0.2) is 0 Å². The van der Waals surface area contributed by atoms with Gasteiger partial charge in [-0.05, 0) is 117 Å². The van der Waals surface area contributed by atoms with Crippen LogP contribution in [0.4, 0.5) is 0 Å². The van der Waals surface area contributed by atoms with Crippen LogP contribution < -0.4 is 0 Å². The second-order valence-electron chi connectivity index (χ2n) is 20.0. The lowest BCUT2D eigenvalue weighted by Gasteiger charge is -2.72. The van der Waals surface area contributed by atoms with E-state index in [1.807, 2.05) is 6.92 Å². The Bertz CT molecular complexity index is 1480. The molecule has 56 heavy (non-hydrogen) atoms. The summed E-state index contributed by atoms with van der Waals surface area (Å²) in [5.74, 6) is 0.252. The minimum Gasteiger partial charge on any atom is -0.432 e. The average molecular weight is 797 g/mol. The van der Waals surface area contributed by atoms with E-state index in [1.54, 1.807) is 0 Å². The van der Waals surface area contributed by atoms with Crippen LogP contribution in [0.25, 0.3) is 0 Å². The molecule has 5 aliphatic carbocycles. The number of fused-ring (bicyclic) bond motifs is 7. The Kier molecular flexibility index (Phi) is 11.5. The Balaban J connectivity index is 1.11. The molecular formula is C42H68O14. The number of rotatable bonds is 8. The van der Waals surface area contributed by atoms with Gasteiger partial charge in [-0.1, -0.05) is 39.8 Å². The highest BCUT2D eigenvalue weighted by Gasteiger charge is 2.72. The molecule has 2 saturated heterocycles. The molecule has 5 saturated carbocycles. The van der Waals surface area contributed by atoms with E-state index in [0.29, 0.717) is 25.2 Å². The van der Waals surface area contributed by atoms with Gasteiger partial charge >= 0.3 is 5.97 Å². The Morgan fingerprint density at radius 2 is 1.34 bits per heavy atom. The smallest absolute Gasteiger partial charge is 0.314 e. The zero-order valence-corrected chi connectivity index (χ0v) is 33.7. The topological polar surface area (TPSA) is 236 Å². The van der Waals surface area contributed by atoms with Gasteiger partial charge < -0.3 is 64.9 Å². The molecule has 0 aromatic rings. The highest BCUT2D eigenvalue weighted by molar-refractivity contribution is 5.78. The third-order valence-corrected chi connectivity index (χ3v) is 17.8. The minimum atomic E-state index is -1.78. The summed E-state index contributed by atoms with van der Waals surface area (Å²) < 4.78 is 23.0. The molecule has 2 aliphatic heterocycles. The van der Waals surface area contributed by atoms with E-state index in [1.165, 1.54) is 0 Å². The third-order valence-electron chi connectivity index (χ3n) is 17.8. The van der Waals surface area contributed by atoms with Crippen molar-refractivity contribution in [1.29, 1.82) is 0 Å². The van der Waals surface area contributed by atoms with Gasteiger partial charge in [0.25, 0.3) is 0 Å². The number of aliphatic hydroxyl groups is 9. The van der Waals surface area contributed by atoms with Crippen LogP contribution >= 0.6 is 0 Å². The van der Waals surface area contributed by atoms with Crippen molar-refractivity contribution in [3.63, 3.8) is 0 Å². The number of hydrogen-bond donors (Lipinski definition) is 9. The molecule has 320 valence electrons. The molecule has 0 spiro atoms. The van der Waals surface area contributed by atoms with Crippen molar-refractivity contribution in [2.45, 2.75) is 166 Å². The monoisotopic (exact) mass is 796 g/mol. The van der Waals surface area contributed by atoms with Gasteiger partial charge in [-0.3, -0.25) is 4.79 Å². The highest BCUT2D eigenvalue weighted by atomic mass is 16.7. The summed E-state index contributed by atoms with van der Waals surface area (Å²) in [5.41, 5.74) is -0.624. The van der Waals surface area contributed by atoms with Gasteiger partial charge in [0, 0.05) is 5.41 Å². The predicted octanol–water partition coefficient (Wildman–Crippen LogP) is 1.14. The van der Waals surface area contributed by atoms with E-state index in [9.17, 15) is 50.8 Å². The van der Waals surface area contributed by atoms with E-state index in [4.69, 9.17) is 18.9 Å². The summed E-state index contributed by atoms with van der Waals surface area (Å²) >= 11 is 0. The lowest BCUT2D eigenvalue weighted by atomic mass is 9.32. The number of allylic oxidation sites excluding steroid dienone is 1. The zero-order chi connectivity index (χ0) is 40.9. The largest absolute Gasteiger partial charge is 0.432 e. The van der Waals surface area contributed by atoms with Crippen LogP contribution in [0.2, 0.25) is 0 Å². The molecule has 0 amide bonds. The maximum atomic E-state index is 14.8. The highest BCUT2D eigenvalue weighted by Crippen LogP contribution is 2.77. The van der Waals surface area contributed by atoms with Crippen LogP contribution in [0.5, 0.6) is 0 Å². The fourth-order valence-electron chi connectivity index (χ4n) is 14.3. The van der Waals surface area contributed by atoms with Crippen LogP contribution in [0.1, 0.15) is 98.8 Å². The average Bonchev–Trinajstić information content (AvgIpc) is 3.57. The Labute approximate surface area is 330 Å². The SMILES string of the molecule is C=C(C)C1CCC2(C(=O)OC3OC(COC4OC(CO)C(O)C(O)C4O)C(O)C(O)C3O)CCC3(C)C(CCC4C5(C)CCC(O)C(C)(CO)C5CCC43C)C12. The number of hydrogen-bond acceptors (Lipinski definition) is 14. The molecule has 0 aromatic carbocycles. The molecule has 14 nitrogen and oxygen atoms in total. The molecule has 21 unspecified atom stereocenters. The first-order valence-electron chi connectivity index (χ1n) is 21.0. The first kappa shape index (κ1) is 42.8. The fraction of sp³-hybridized carbons (Fsp3) is 0.929. The molecule has 7 rings (SSSR count). The van der Waals surface area contributed by atoms with Crippen molar-refractivity contribution < 1.29 is 69.7 Å². The first-order chi connectivity index (χ1) is 26.3. The van der Waals surface area contributed by atoms with Gasteiger partial charge in [0.2, 0.25) is 6.29 Å². The van der Waals surface area contributed by atoms with Crippen LogP contribution in [0.15, 0.2) is 12.2 Å². The van der Waals surface area contributed by atoms with Crippen LogP contribution in [0, 0.1) is 56.7 Å². The van der Waals surface area contributed by atoms with Gasteiger partial charge in [-0.15, -0.1) is 0 Å². The van der Waals surface area contributed by atoms with E-state index in [2.05, 4.69) is 34.3 Å². The lowest BCUT2D eigenvalue weighted by molar-refractivity contribution is -0.328.